The van der Waals surface area contributed by atoms with Crippen molar-refractivity contribution in [3.63, 3.8) is 0 Å². The summed E-state index contributed by atoms with van der Waals surface area (Å²) in [6.07, 6.45) is -1.37. The molecule has 5 aliphatic rings. The number of rotatable bonds is 21. The summed E-state index contributed by atoms with van der Waals surface area (Å²) in [7, 11) is -3.26. The molecule has 6 unspecified atom stereocenters. The third-order valence-electron chi connectivity index (χ3n) is 12.5. The summed E-state index contributed by atoms with van der Waals surface area (Å²) in [4.78, 5) is 144. The third kappa shape index (κ3) is 40.2. The Morgan fingerprint density at radius 1 is 0.800 bits per heavy atom. The number of aliphatic hydroxyl groups is 5. The van der Waals surface area contributed by atoms with Crippen molar-refractivity contribution < 1.29 is 198 Å². The maximum atomic E-state index is 11.6. The number of amides is 8. The number of nitrogens with one attached hydrogen (secondary N) is 2. The first-order chi connectivity index (χ1) is 43.6. The molecule has 0 aromatic heterocycles. The maximum absolute atomic E-state index is 11.6. The van der Waals surface area contributed by atoms with E-state index in [4.69, 9.17) is 68.6 Å². The molecule has 5 saturated heterocycles. The molecule has 5 aliphatic heterocycles. The Hall–Kier alpha value is -5.39. The molecule has 6 rings (SSSR count). The first-order valence-electron chi connectivity index (χ1n) is 28.3. The van der Waals surface area contributed by atoms with Crippen LogP contribution < -0.4 is 80.2 Å². The number of halogens is 1. The van der Waals surface area contributed by atoms with Crippen molar-refractivity contribution in [1.82, 2.24) is 25.8 Å². The van der Waals surface area contributed by atoms with Crippen molar-refractivity contribution in [3.8, 4) is 5.75 Å². The quantitative estimate of drug-likeness (QED) is 0.00799. The number of carbonyl (C=O) groups excluding carboxylic acids is 13. The van der Waals surface area contributed by atoms with Crippen LogP contribution >= 0.6 is 11.6 Å². The summed E-state index contributed by atoms with van der Waals surface area (Å²) in [5.74, 6) is -3.91. The second kappa shape index (κ2) is 52.7. The van der Waals surface area contributed by atoms with Crippen LogP contribution in [-0.4, -0.2) is 210 Å². The summed E-state index contributed by atoms with van der Waals surface area (Å²) < 4.78 is 54.6. The van der Waals surface area contributed by atoms with E-state index in [9.17, 15) is 78.3 Å². The van der Waals surface area contributed by atoms with Crippen molar-refractivity contribution >= 4 is 92.6 Å². The molecule has 11 N–H and O–H groups in total. The number of hydroxylamine groups is 6. The van der Waals surface area contributed by atoms with Crippen LogP contribution in [0.2, 0.25) is 0 Å². The van der Waals surface area contributed by atoms with Gasteiger partial charge in [-0.2, -0.15) is 20.8 Å². The molecule has 0 radical (unpaired) electrons. The van der Waals surface area contributed by atoms with Gasteiger partial charge in [-0.25, -0.2) is 24.6 Å². The Bertz CT molecular complexity index is 2700. The molecule has 0 aliphatic carbocycles. The van der Waals surface area contributed by atoms with Crippen molar-refractivity contribution in [2.45, 2.75) is 161 Å². The van der Waals surface area contributed by atoms with Crippen LogP contribution in [0.3, 0.4) is 0 Å². The molecule has 11 atom stereocenters. The van der Waals surface area contributed by atoms with E-state index >= 15 is 0 Å². The van der Waals surface area contributed by atoms with Gasteiger partial charge in [0.2, 0.25) is 33.7 Å². The van der Waals surface area contributed by atoms with Gasteiger partial charge in [-0.3, -0.25) is 59.3 Å². The Kier molecular flexibility index (Phi) is 53.2. The molecule has 526 valence electrons. The number of hydrogen-bond donors (Lipinski definition) is 10. The summed E-state index contributed by atoms with van der Waals surface area (Å²) in [6, 6.07) is 7.03. The van der Waals surface area contributed by atoms with E-state index < -0.39 is 119 Å². The van der Waals surface area contributed by atoms with Gasteiger partial charge in [-0.1, -0.05) is 59.9 Å². The van der Waals surface area contributed by atoms with Crippen LogP contribution in [-0.2, 0) is 103 Å². The molecule has 8 amide bonds. The van der Waals surface area contributed by atoms with Crippen LogP contribution in [0.4, 0.5) is 0 Å². The first-order valence-corrected chi connectivity index (χ1v) is 30.1. The molecule has 0 saturated carbocycles. The minimum atomic E-state index is -4.92. The Morgan fingerprint density at radius 3 is 1.65 bits per heavy atom. The molecule has 1 aromatic carbocycles. The predicted octanol–water partition coefficient (Wildman–Crippen LogP) is -7.15. The fourth-order valence-corrected chi connectivity index (χ4v) is 7.27. The zero-order valence-electron chi connectivity index (χ0n) is 53.8. The zero-order valence-corrected chi connectivity index (χ0v) is 59.4. The Balaban J connectivity index is -0.000000544. The molecule has 0 bridgehead atoms. The zero-order chi connectivity index (χ0) is 71.7. The molecule has 5 fully saturated rings. The van der Waals surface area contributed by atoms with E-state index in [0.29, 0.717) is 35.3 Å². The fraction of sp³-hybridized carbons (Fsp3) is 0.571. The number of imide groups is 3. The molecule has 95 heavy (non-hydrogen) atoms. The first kappa shape index (κ1) is 96.0. The number of aliphatic hydroxyl groups excluding tert-OH is 5. The number of carbonyl (C=O) groups is 11. The van der Waals surface area contributed by atoms with Gasteiger partial charge in [0.25, 0.3) is 35.4 Å². The Morgan fingerprint density at radius 2 is 1.27 bits per heavy atom. The van der Waals surface area contributed by atoms with Crippen LogP contribution in [0, 0.1) is 30.8 Å². The van der Waals surface area contributed by atoms with E-state index in [1.807, 2.05) is 39.8 Å². The van der Waals surface area contributed by atoms with E-state index in [-0.39, 0.29) is 138 Å². The van der Waals surface area contributed by atoms with E-state index in [1.54, 1.807) is 26.1 Å². The minimum absolute atomic E-state index is 0. The van der Waals surface area contributed by atoms with Gasteiger partial charge in [0.05, 0.1) is 12.5 Å². The smallest absolute Gasteiger partial charge is 0.726 e. The molecular formula is C56H82ClN6Na2O29S-. The second-order valence-corrected chi connectivity index (χ2v) is 20.8. The standard InChI is InChI=1S/C19H27NO9.C13H26N2O2.C9H13NO4.C7H7NO4.C4H5NO3.C3H3ClO.CO2.2Na.H2O4S/c20-6-5-10-1-3-12(4-2-10)27-19-16(25)17(15(24)14(8-21)28-19)29-18-13(23)7-11(22)9-26-18;1-5-9-15-12(16)10(3)7-8-11(6-2)13(17)14-4;1-3-6(2)9(13)14-10-7(11)4-5-8(10)12;1-2-7(11)12-8-5(9)3-4-6(8)10;6-3-1-2-4(7)5(3)8;1-2-3(4)5;2-1-3;;;1-5(2,3)4/h1-4,7,9,11,13-19,21-25H,5-6,8,20H2;10-11H,5-9H2,1-4H3,(H,14,17)(H,15,16);6H,3-5H2,1-2H3;2H,1,3-4H2;8H,1-2H2;2H,1H2;;;;(H2,1,2,3,4)/q-2;;;;;;;2*+1;/p-1/t11-,13?,14?,15-,16?,17-,18-,19+;;;;;;;;;/m0........./s1. The molecule has 0 spiro atoms. The van der Waals surface area contributed by atoms with E-state index in [1.165, 1.54) is 6.42 Å². The molecule has 5 heterocycles. The number of hydrogen-bond acceptors (Lipinski definition) is 29. The van der Waals surface area contributed by atoms with Gasteiger partial charge in [-0.15, -0.1) is 10.1 Å². The number of nitrogens with zero attached hydrogens (tertiary/aromatic N) is 3. The maximum Gasteiger partial charge on any atom is 1.00 e. The van der Waals surface area contributed by atoms with Crippen molar-refractivity contribution in [2.75, 3.05) is 26.7 Å². The van der Waals surface area contributed by atoms with Gasteiger partial charge >= 0.3 is 77.2 Å². The monoisotopic (exact) mass is 1420 g/mol. The largest absolute Gasteiger partial charge is 1.00 e. The number of benzene rings is 1. The molecule has 35 nitrogen and oxygen atoms in total. The fourth-order valence-electron chi connectivity index (χ4n) is 7.27. The van der Waals surface area contributed by atoms with Crippen LogP contribution in [0.25, 0.3) is 0 Å². The van der Waals surface area contributed by atoms with Gasteiger partial charge in [0, 0.05) is 70.0 Å². The topological polar surface area (TPSA) is 536 Å². The average Bonchev–Trinajstić information content (AvgIpc) is 1.66. The third-order valence-corrected chi connectivity index (χ3v) is 12.7. The SMILES string of the molecule is C=CC(=O)Cl.C=CC(=O)ON1C(=O)CCC1=O.CCC(C)C(=O)ON1C(=O)CCC1=O.CCCNC(=O)C(C)CCC(CC)C(=O)NC.NCCc1ccc(O[C@@H]2OC(CO)[C@H](O)[C@H](O[C@@H]3O[CH-][C@@H](O)[CH-]C3O)C2O)cc1.O=C1CCC(=O)N1O.O=C=O.O=S(=O)([O-])O.[Na+].[Na+]. The average molecular weight is 1420 g/mol. The predicted molar refractivity (Wildman–Crippen MR) is 313 cm³/mol. The van der Waals surface area contributed by atoms with Crippen LogP contribution in [0.1, 0.15) is 111 Å². The van der Waals surface area contributed by atoms with E-state index in [0.717, 1.165) is 56.6 Å². The van der Waals surface area contributed by atoms with Crippen molar-refractivity contribution in [1.29, 1.82) is 0 Å². The van der Waals surface area contributed by atoms with Gasteiger partial charge < -0.3 is 75.1 Å². The van der Waals surface area contributed by atoms with Crippen LogP contribution in [0.15, 0.2) is 49.6 Å². The summed E-state index contributed by atoms with van der Waals surface area (Å²) >= 11 is 4.71. The summed E-state index contributed by atoms with van der Waals surface area (Å²) in [5, 5.41) is 64.6. The number of ether oxygens (including phenoxy) is 4. The van der Waals surface area contributed by atoms with Crippen molar-refractivity contribution in [2.24, 2.45) is 23.5 Å². The molecular weight excluding hydrogens is 1330 g/mol. The summed E-state index contributed by atoms with van der Waals surface area (Å²) in [5.41, 5.74) is 6.55. The van der Waals surface area contributed by atoms with Gasteiger partial charge in [-0.05, 0) is 86.5 Å². The van der Waals surface area contributed by atoms with E-state index in [2.05, 4.69) is 33.5 Å². The van der Waals surface area contributed by atoms with Crippen LogP contribution in [0.5, 0.6) is 5.75 Å². The van der Waals surface area contributed by atoms with Gasteiger partial charge in [0.1, 0.15) is 36.5 Å². The summed E-state index contributed by atoms with van der Waals surface area (Å²) in [6.45, 7) is 17.4. The van der Waals surface area contributed by atoms with Gasteiger partial charge in [0.15, 0.2) is 0 Å². The molecule has 1 aromatic rings. The molecule has 39 heteroatoms. The van der Waals surface area contributed by atoms with Crippen molar-refractivity contribution in [3.05, 3.63) is 68.2 Å². The Labute approximate surface area is 597 Å². The normalized spacial score (nSPS) is 21.7. The number of allylic oxidation sites excluding steroid dienone is 1. The number of nitrogens with two attached hydrogens (primary N) is 1. The minimum Gasteiger partial charge on any atom is -0.726 e. The second-order valence-electron chi connectivity index (χ2n) is 19.5.